The lowest BCUT2D eigenvalue weighted by Gasteiger charge is -2.26. The minimum atomic E-state index is 0.721. The molecule has 0 unspecified atom stereocenters. The van der Waals surface area contributed by atoms with Gasteiger partial charge in [0.25, 0.3) is 0 Å². The van der Waals surface area contributed by atoms with Gasteiger partial charge in [-0.05, 0) is 85.8 Å². The summed E-state index contributed by atoms with van der Waals surface area (Å²) >= 11 is 0. The zero-order valence-corrected chi connectivity index (χ0v) is 26.6. The van der Waals surface area contributed by atoms with Gasteiger partial charge >= 0.3 is 0 Å². The molecule has 46 heavy (non-hydrogen) atoms. The molecule has 0 saturated carbocycles. The van der Waals surface area contributed by atoms with Crippen molar-refractivity contribution in [1.82, 2.24) is 19.1 Å². The second kappa shape index (κ2) is 11.0. The molecule has 5 nitrogen and oxygen atoms in total. The Morgan fingerprint density at radius 1 is 0.522 bits per heavy atom. The average Bonchev–Trinajstić information content (AvgIpc) is 3.67. The van der Waals surface area contributed by atoms with Gasteiger partial charge in [-0.25, -0.2) is 9.97 Å². The Hall–Kier alpha value is -5.68. The van der Waals surface area contributed by atoms with Crippen molar-refractivity contribution in [3.05, 3.63) is 161 Å². The van der Waals surface area contributed by atoms with E-state index in [0.29, 0.717) is 0 Å². The van der Waals surface area contributed by atoms with Crippen molar-refractivity contribution in [1.29, 1.82) is 0 Å². The van der Waals surface area contributed by atoms with Gasteiger partial charge in [0.05, 0.1) is 22.8 Å². The van der Waals surface area contributed by atoms with Crippen LogP contribution in [0.25, 0.3) is 34.0 Å². The molecule has 0 radical (unpaired) electrons. The Bertz CT molecular complexity index is 2200. The molecule has 1 aliphatic rings. The third-order valence-electron chi connectivity index (χ3n) is 8.99. The molecular formula is C41H35N5. The first-order chi connectivity index (χ1) is 22.4. The van der Waals surface area contributed by atoms with E-state index >= 15 is 0 Å². The summed E-state index contributed by atoms with van der Waals surface area (Å²) in [6.07, 6.45) is 5.13. The Kier molecular flexibility index (Phi) is 6.68. The highest BCUT2D eigenvalue weighted by molar-refractivity contribution is 5.79. The van der Waals surface area contributed by atoms with E-state index < -0.39 is 0 Å². The third kappa shape index (κ3) is 4.72. The SMILES string of the molecule is Cc1cccc(C)c1-n1cc2nc1-c1cccc(c1)N(c1ccccc1)c1nc(cn1-c1c(C)cccc1C)-c1cccc(c1)C2. The molecule has 3 heterocycles. The van der Waals surface area contributed by atoms with Gasteiger partial charge in [0.15, 0.2) is 0 Å². The number of rotatable bonds is 3. The Morgan fingerprint density at radius 3 is 1.85 bits per heavy atom. The largest absolute Gasteiger partial charge is 0.299 e. The molecule has 0 atom stereocenters. The van der Waals surface area contributed by atoms with Crippen molar-refractivity contribution >= 4 is 17.3 Å². The van der Waals surface area contributed by atoms with Crippen LogP contribution in [0.3, 0.4) is 0 Å². The second-order valence-corrected chi connectivity index (χ2v) is 12.3. The van der Waals surface area contributed by atoms with Crippen LogP contribution in [-0.2, 0) is 6.42 Å². The van der Waals surface area contributed by atoms with E-state index in [9.17, 15) is 0 Å². The molecule has 0 saturated heterocycles. The topological polar surface area (TPSA) is 38.9 Å². The second-order valence-electron chi connectivity index (χ2n) is 12.3. The third-order valence-corrected chi connectivity index (χ3v) is 8.99. The van der Waals surface area contributed by atoms with Crippen LogP contribution < -0.4 is 4.90 Å². The van der Waals surface area contributed by atoms with Crippen LogP contribution in [0.15, 0.2) is 128 Å². The summed E-state index contributed by atoms with van der Waals surface area (Å²) in [5.41, 5.74) is 14.5. The van der Waals surface area contributed by atoms with Gasteiger partial charge in [0, 0.05) is 41.3 Å². The zero-order valence-electron chi connectivity index (χ0n) is 26.6. The predicted octanol–water partition coefficient (Wildman–Crippen LogP) is 10.00. The van der Waals surface area contributed by atoms with E-state index in [2.05, 4.69) is 169 Å². The quantitative estimate of drug-likeness (QED) is 0.203. The highest BCUT2D eigenvalue weighted by atomic mass is 15.3. The number of anilines is 3. The van der Waals surface area contributed by atoms with Crippen molar-refractivity contribution < 1.29 is 0 Å². The van der Waals surface area contributed by atoms with E-state index in [1.807, 2.05) is 0 Å². The minimum absolute atomic E-state index is 0.721. The van der Waals surface area contributed by atoms with Crippen molar-refractivity contribution in [2.24, 2.45) is 0 Å². The maximum atomic E-state index is 5.41. The van der Waals surface area contributed by atoms with Gasteiger partial charge in [0.1, 0.15) is 5.82 Å². The van der Waals surface area contributed by atoms with E-state index in [0.717, 1.165) is 57.8 Å². The summed E-state index contributed by atoms with van der Waals surface area (Å²) < 4.78 is 4.55. The smallest absolute Gasteiger partial charge is 0.220 e. The summed E-state index contributed by atoms with van der Waals surface area (Å²) in [6, 6.07) is 40.9. The number of nitrogens with zero attached hydrogens (tertiary/aromatic N) is 5. The van der Waals surface area contributed by atoms with Crippen molar-refractivity contribution in [2.75, 3.05) is 4.90 Å². The molecule has 7 aromatic rings. The maximum absolute atomic E-state index is 5.41. The van der Waals surface area contributed by atoms with E-state index in [1.165, 1.54) is 33.5 Å². The molecule has 8 bridgehead atoms. The molecule has 1 aliphatic heterocycles. The van der Waals surface area contributed by atoms with Crippen LogP contribution in [0, 0.1) is 27.7 Å². The first-order valence-electron chi connectivity index (χ1n) is 15.8. The number of imidazole rings is 2. The van der Waals surface area contributed by atoms with Gasteiger partial charge in [-0.15, -0.1) is 0 Å². The fourth-order valence-corrected chi connectivity index (χ4v) is 6.88. The molecule has 0 fully saturated rings. The molecule has 8 rings (SSSR count). The standard InChI is InChI=1S/C41H35N5/c1-27-12-8-13-28(2)38(27)44-25-34-23-31-16-10-17-32(22-31)37-26-45(39-29(3)14-9-15-30(39)4)41(43-37)46(35-19-6-5-7-20-35)36-21-11-18-33(24-36)40(44)42-34/h5-22,24-26H,23H2,1-4H3. The van der Waals surface area contributed by atoms with E-state index in [4.69, 9.17) is 9.97 Å². The number of aryl methyl sites for hydroxylation is 4. The zero-order chi connectivity index (χ0) is 31.4. The van der Waals surface area contributed by atoms with Crippen LogP contribution in [0.5, 0.6) is 0 Å². The lowest BCUT2D eigenvalue weighted by Crippen LogP contribution is -2.16. The van der Waals surface area contributed by atoms with Gasteiger partial charge in [0.2, 0.25) is 5.95 Å². The minimum Gasteiger partial charge on any atom is -0.299 e. The first-order valence-corrected chi connectivity index (χ1v) is 15.8. The molecule has 0 aliphatic carbocycles. The number of para-hydroxylation sites is 3. The summed E-state index contributed by atoms with van der Waals surface area (Å²) in [5, 5.41) is 0. The van der Waals surface area contributed by atoms with Gasteiger partial charge in [-0.2, -0.15) is 0 Å². The highest BCUT2D eigenvalue weighted by Gasteiger charge is 2.24. The van der Waals surface area contributed by atoms with Gasteiger partial charge in [-0.1, -0.05) is 84.9 Å². The Morgan fingerprint density at radius 2 is 1.13 bits per heavy atom. The number of hydrogen-bond acceptors (Lipinski definition) is 3. The van der Waals surface area contributed by atoms with Gasteiger partial charge in [-0.3, -0.25) is 14.0 Å². The summed E-state index contributed by atoms with van der Waals surface area (Å²) in [6.45, 7) is 8.70. The van der Waals surface area contributed by atoms with Crippen LogP contribution in [0.2, 0.25) is 0 Å². The molecule has 2 aromatic heterocycles. The van der Waals surface area contributed by atoms with Crippen molar-refractivity contribution in [3.63, 3.8) is 0 Å². The molecule has 5 aromatic carbocycles. The Labute approximate surface area is 270 Å². The molecular weight excluding hydrogens is 562 g/mol. The lowest BCUT2D eigenvalue weighted by atomic mass is 10.0. The molecule has 0 spiro atoms. The number of benzene rings is 5. The number of aromatic nitrogens is 4. The molecule has 224 valence electrons. The fourth-order valence-electron chi connectivity index (χ4n) is 6.88. The summed E-state index contributed by atoms with van der Waals surface area (Å²) in [5.74, 6) is 1.76. The highest BCUT2D eigenvalue weighted by Crippen LogP contribution is 2.40. The normalized spacial score (nSPS) is 12.2. The van der Waals surface area contributed by atoms with E-state index in [1.54, 1.807) is 0 Å². The monoisotopic (exact) mass is 597 g/mol. The van der Waals surface area contributed by atoms with Crippen LogP contribution in [0.4, 0.5) is 17.3 Å². The molecule has 0 amide bonds. The van der Waals surface area contributed by atoms with E-state index in [-0.39, 0.29) is 0 Å². The summed E-state index contributed by atoms with van der Waals surface area (Å²) in [7, 11) is 0. The van der Waals surface area contributed by atoms with Crippen molar-refractivity contribution in [3.8, 4) is 34.0 Å². The van der Waals surface area contributed by atoms with Crippen molar-refractivity contribution in [2.45, 2.75) is 34.1 Å². The first kappa shape index (κ1) is 27.8. The fraction of sp³-hybridized carbons (Fsp3) is 0.122. The summed E-state index contributed by atoms with van der Waals surface area (Å²) in [4.78, 5) is 13.0. The van der Waals surface area contributed by atoms with Crippen LogP contribution in [0.1, 0.15) is 33.5 Å². The molecule has 0 N–H and O–H groups in total. The predicted molar refractivity (Wildman–Crippen MR) is 188 cm³/mol. The maximum Gasteiger partial charge on any atom is 0.220 e. The van der Waals surface area contributed by atoms with Crippen LogP contribution >= 0.6 is 0 Å². The average molecular weight is 598 g/mol. The molecule has 5 heteroatoms. The lowest BCUT2D eigenvalue weighted by molar-refractivity contribution is 0.988. The van der Waals surface area contributed by atoms with Crippen LogP contribution in [-0.4, -0.2) is 19.1 Å². The van der Waals surface area contributed by atoms with Gasteiger partial charge < -0.3 is 0 Å². The number of hydrogen-bond donors (Lipinski definition) is 0. The number of fused-ring (bicyclic) bond motifs is 10. The Balaban J connectivity index is 1.45.